The summed E-state index contributed by atoms with van der Waals surface area (Å²) in [6.45, 7) is 2.31. The van der Waals surface area contributed by atoms with Gasteiger partial charge in [-0.15, -0.1) is 5.10 Å². The number of aryl methyl sites for hydroxylation is 3. The van der Waals surface area contributed by atoms with E-state index in [2.05, 4.69) is 20.2 Å². The molecule has 1 unspecified atom stereocenters. The van der Waals surface area contributed by atoms with Crippen LogP contribution in [0.4, 0.5) is 0 Å². The lowest BCUT2D eigenvalue weighted by molar-refractivity contribution is 0.478. The molecule has 0 saturated carbocycles. The van der Waals surface area contributed by atoms with E-state index in [0.29, 0.717) is 36.9 Å². The molecular weight excluding hydrogens is 316 g/mol. The molecule has 0 amide bonds. The van der Waals surface area contributed by atoms with Gasteiger partial charge in [0.15, 0.2) is 5.82 Å². The SMILES string of the molecule is Cc1cc(S(=O)(=O)NC2CCc3nnnn3CC2)ccc1C#N. The zero-order chi connectivity index (χ0) is 16.4. The van der Waals surface area contributed by atoms with Crippen molar-refractivity contribution in [1.82, 2.24) is 24.9 Å². The first-order valence-electron chi connectivity index (χ1n) is 7.28. The monoisotopic (exact) mass is 332 g/mol. The number of hydrogen-bond donors (Lipinski definition) is 1. The number of nitrogens with zero attached hydrogens (tertiary/aromatic N) is 5. The van der Waals surface area contributed by atoms with Crippen LogP contribution in [-0.2, 0) is 23.0 Å². The van der Waals surface area contributed by atoms with E-state index < -0.39 is 10.0 Å². The molecule has 0 fully saturated rings. The number of sulfonamides is 1. The van der Waals surface area contributed by atoms with Gasteiger partial charge in [-0.05, 0) is 54.0 Å². The minimum Gasteiger partial charge on any atom is -0.230 e. The number of nitriles is 1. The van der Waals surface area contributed by atoms with Crippen molar-refractivity contribution in [2.24, 2.45) is 0 Å². The van der Waals surface area contributed by atoms with E-state index in [1.165, 1.54) is 18.2 Å². The molecule has 2 aromatic rings. The van der Waals surface area contributed by atoms with Crippen LogP contribution in [0, 0.1) is 18.3 Å². The second-order valence-electron chi connectivity index (χ2n) is 5.55. The summed E-state index contributed by atoms with van der Waals surface area (Å²) in [6.07, 6.45) is 1.91. The Balaban J connectivity index is 1.75. The minimum absolute atomic E-state index is 0.177. The predicted octanol–water partition coefficient (Wildman–Crippen LogP) is 0.537. The molecule has 1 aromatic carbocycles. The maximum absolute atomic E-state index is 12.5. The molecule has 0 bridgehead atoms. The van der Waals surface area contributed by atoms with Gasteiger partial charge in [0.1, 0.15) is 0 Å². The Morgan fingerprint density at radius 2 is 2.22 bits per heavy atom. The van der Waals surface area contributed by atoms with E-state index in [1.807, 2.05) is 6.07 Å². The molecular formula is C14H16N6O2S. The third-order valence-corrected chi connectivity index (χ3v) is 5.48. The zero-order valence-electron chi connectivity index (χ0n) is 12.6. The van der Waals surface area contributed by atoms with Crippen molar-refractivity contribution >= 4 is 10.0 Å². The number of hydrogen-bond acceptors (Lipinski definition) is 6. The Bertz CT molecular complexity index is 845. The summed E-state index contributed by atoms with van der Waals surface area (Å²) in [4.78, 5) is 0.177. The van der Waals surface area contributed by atoms with E-state index >= 15 is 0 Å². The number of benzene rings is 1. The van der Waals surface area contributed by atoms with Crippen molar-refractivity contribution in [1.29, 1.82) is 5.26 Å². The van der Waals surface area contributed by atoms with Gasteiger partial charge in [0.25, 0.3) is 0 Å². The topological polar surface area (TPSA) is 114 Å². The summed E-state index contributed by atoms with van der Waals surface area (Å²) < 4.78 is 29.5. The Hall–Kier alpha value is -2.31. The average molecular weight is 332 g/mol. The fraction of sp³-hybridized carbons (Fsp3) is 0.429. The van der Waals surface area contributed by atoms with E-state index in [4.69, 9.17) is 5.26 Å². The average Bonchev–Trinajstić information content (AvgIpc) is 2.89. The predicted molar refractivity (Wildman–Crippen MR) is 80.8 cm³/mol. The summed E-state index contributed by atoms with van der Waals surface area (Å²) in [5, 5.41) is 20.4. The van der Waals surface area contributed by atoms with Crippen molar-refractivity contribution in [3.8, 4) is 6.07 Å². The summed E-state index contributed by atoms with van der Waals surface area (Å²) in [5.41, 5.74) is 1.12. The first kappa shape index (κ1) is 15.6. The second-order valence-corrected chi connectivity index (χ2v) is 7.27. The molecule has 1 N–H and O–H groups in total. The zero-order valence-corrected chi connectivity index (χ0v) is 13.4. The van der Waals surface area contributed by atoms with Crippen LogP contribution in [-0.4, -0.2) is 34.7 Å². The normalized spacial score (nSPS) is 18.0. The smallest absolute Gasteiger partial charge is 0.230 e. The molecule has 9 heteroatoms. The molecule has 120 valence electrons. The van der Waals surface area contributed by atoms with Crippen LogP contribution in [0.3, 0.4) is 0 Å². The summed E-state index contributed by atoms with van der Waals surface area (Å²) in [6, 6.07) is 6.36. The molecule has 1 aliphatic heterocycles. The largest absolute Gasteiger partial charge is 0.240 e. The summed E-state index contributed by atoms with van der Waals surface area (Å²) in [5.74, 6) is 0.779. The van der Waals surface area contributed by atoms with Crippen LogP contribution >= 0.6 is 0 Å². The van der Waals surface area contributed by atoms with Crippen LogP contribution in [0.5, 0.6) is 0 Å². The fourth-order valence-corrected chi connectivity index (χ4v) is 4.03. The molecule has 23 heavy (non-hydrogen) atoms. The van der Waals surface area contributed by atoms with Crippen LogP contribution in [0.1, 0.15) is 29.8 Å². The van der Waals surface area contributed by atoms with Crippen molar-refractivity contribution in [3.63, 3.8) is 0 Å². The van der Waals surface area contributed by atoms with Gasteiger partial charge in [0, 0.05) is 19.0 Å². The highest BCUT2D eigenvalue weighted by Crippen LogP contribution is 2.18. The van der Waals surface area contributed by atoms with Crippen molar-refractivity contribution < 1.29 is 8.42 Å². The molecule has 3 rings (SSSR count). The van der Waals surface area contributed by atoms with Crippen LogP contribution < -0.4 is 4.72 Å². The lowest BCUT2D eigenvalue weighted by Gasteiger charge is -2.16. The van der Waals surface area contributed by atoms with Gasteiger partial charge >= 0.3 is 0 Å². The van der Waals surface area contributed by atoms with Gasteiger partial charge in [-0.3, -0.25) is 0 Å². The van der Waals surface area contributed by atoms with Crippen LogP contribution in [0.2, 0.25) is 0 Å². The molecule has 8 nitrogen and oxygen atoms in total. The number of rotatable bonds is 3. The van der Waals surface area contributed by atoms with E-state index in [-0.39, 0.29) is 10.9 Å². The van der Waals surface area contributed by atoms with Crippen LogP contribution in [0.15, 0.2) is 23.1 Å². The van der Waals surface area contributed by atoms with E-state index in [9.17, 15) is 8.42 Å². The molecule has 0 spiro atoms. The van der Waals surface area contributed by atoms with Gasteiger partial charge < -0.3 is 0 Å². The lowest BCUT2D eigenvalue weighted by atomic mass is 10.1. The number of aromatic nitrogens is 4. The van der Waals surface area contributed by atoms with Gasteiger partial charge in [0.2, 0.25) is 10.0 Å². The minimum atomic E-state index is -3.62. The summed E-state index contributed by atoms with van der Waals surface area (Å²) >= 11 is 0. The Labute approximate surface area is 134 Å². The Morgan fingerprint density at radius 1 is 1.39 bits per heavy atom. The molecule has 2 heterocycles. The number of fused-ring (bicyclic) bond motifs is 1. The molecule has 0 saturated heterocycles. The third kappa shape index (κ3) is 3.23. The molecule has 1 atom stereocenters. The second kappa shape index (κ2) is 6.06. The Morgan fingerprint density at radius 3 is 2.96 bits per heavy atom. The quantitative estimate of drug-likeness (QED) is 0.877. The van der Waals surface area contributed by atoms with E-state index in [0.717, 1.165) is 5.82 Å². The first-order valence-corrected chi connectivity index (χ1v) is 8.76. The van der Waals surface area contributed by atoms with Crippen molar-refractivity contribution in [3.05, 3.63) is 35.2 Å². The summed E-state index contributed by atoms with van der Waals surface area (Å²) in [7, 11) is -3.62. The number of tetrazole rings is 1. The van der Waals surface area contributed by atoms with Crippen molar-refractivity contribution in [2.75, 3.05) is 0 Å². The highest BCUT2D eigenvalue weighted by molar-refractivity contribution is 7.89. The standard InChI is InChI=1S/C14H16N6O2S/c1-10-8-13(4-2-11(10)9-15)23(21,22)17-12-3-5-14-16-18-19-20(14)7-6-12/h2,4,8,12,17H,3,5-7H2,1H3. The fourth-order valence-electron chi connectivity index (χ4n) is 2.64. The highest BCUT2D eigenvalue weighted by Gasteiger charge is 2.24. The number of nitrogens with one attached hydrogen (secondary N) is 1. The maximum Gasteiger partial charge on any atom is 0.240 e. The molecule has 0 radical (unpaired) electrons. The van der Waals surface area contributed by atoms with E-state index in [1.54, 1.807) is 11.6 Å². The first-order chi connectivity index (χ1) is 11.0. The van der Waals surface area contributed by atoms with Crippen molar-refractivity contribution in [2.45, 2.75) is 43.7 Å². The maximum atomic E-state index is 12.5. The van der Waals surface area contributed by atoms with Crippen LogP contribution in [0.25, 0.3) is 0 Å². The molecule has 1 aliphatic rings. The molecule has 1 aromatic heterocycles. The van der Waals surface area contributed by atoms with Gasteiger partial charge in [-0.2, -0.15) is 5.26 Å². The van der Waals surface area contributed by atoms with Gasteiger partial charge in [-0.1, -0.05) is 0 Å². The third-order valence-electron chi connectivity index (χ3n) is 3.96. The van der Waals surface area contributed by atoms with Gasteiger partial charge in [0.05, 0.1) is 16.5 Å². The molecule has 0 aliphatic carbocycles. The Kier molecular flexibility index (Phi) is 4.11. The lowest BCUT2D eigenvalue weighted by Crippen LogP contribution is -2.35. The highest BCUT2D eigenvalue weighted by atomic mass is 32.2. The van der Waals surface area contributed by atoms with Gasteiger partial charge in [-0.25, -0.2) is 17.8 Å².